The Hall–Kier alpha value is -1.94. The van der Waals surface area contributed by atoms with E-state index in [4.69, 9.17) is 4.74 Å². The van der Waals surface area contributed by atoms with Crippen molar-refractivity contribution in [2.24, 2.45) is 0 Å². The molecule has 2 nitrogen and oxygen atoms in total. The van der Waals surface area contributed by atoms with Crippen LogP contribution in [0.4, 0.5) is 8.78 Å². The molecule has 2 rings (SSSR count). The molecule has 1 unspecified atom stereocenters. The second-order valence-electron chi connectivity index (χ2n) is 4.84. The fourth-order valence-electron chi connectivity index (χ4n) is 2.22. The van der Waals surface area contributed by atoms with E-state index < -0.39 is 11.6 Å². The molecule has 2 aromatic rings. The molecule has 112 valence electrons. The fourth-order valence-corrected chi connectivity index (χ4v) is 2.22. The molecule has 1 N–H and O–H groups in total. The molecular weight excluding hydrogens is 272 g/mol. The highest BCUT2D eigenvalue weighted by molar-refractivity contribution is 5.29. The minimum Gasteiger partial charge on any atom is -0.489 e. The molecule has 0 radical (unpaired) electrons. The summed E-state index contributed by atoms with van der Waals surface area (Å²) in [4.78, 5) is 0. The van der Waals surface area contributed by atoms with Gasteiger partial charge in [-0.15, -0.1) is 0 Å². The van der Waals surface area contributed by atoms with Crippen molar-refractivity contribution in [3.63, 3.8) is 0 Å². The first-order valence-corrected chi connectivity index (χ1v) is 6.98. The minimum absolute atomic E-state index is 0.00613. The van der Waals surface area contributed by atoms with E-state index >= 15 is 0 Å². The van der Waals surface area contributed by atoms with Crippen LogP contribution in [0.15, 0.2) is 42.5 Å². The molecule has 21 heavy (non-hydrogen) atoms. The molecule has 2 aromatic carbocycles. The topological polar surface area (TPSA) is 21.3 Å². The van der Waals surface area contributed by atoms with Gasteiger partial charge in [0.25, 0.3) is 0 Å². The van der Waals surface area contributed by atoms with Crippen molar-refractivity contribution in [3.05, 3.63) is 65.2 Å². The number of benzene rings is 2. The Morgan fingerprint density at radius 1 is 1.10 bits per heavy atom. The summed E-state index contributed by atoms with van der Waals surface area (Å²) in [5.74, 6) is -0.298. The highest BCUT2D eigenvalue weighted by Crippen LogP contribution is 2.21. The normalized spacial score (nSPS) is 12.2. The zero-order chi connectivity index (χ0) is 15.2. The van der Waals surface area contributed by atoms with Gasteiger partial charge in [-0.05, 0) is 49.4 Å². The number of nitrogens with one attached hydrogen (secondary N) is 1. The Bertz CT molecular complexity index is 580. The standard InChI is InChI=1S/C17H19F2NO/c1-3-17(20-2)12-4-7-15(8-5-12)21-11-13-10-14(18)6-9-16(13)19/h4-10,17,20H,3,11H2,1-2H3. The summed E-state index contributed by atoms with van der Waals surface area (Å²) in [6.45, 7) is 2.12. The van der Waals surface area contributed by atoms with Crippen LogP contribution >= 0.6 is 0 Å². The molecule has 0 aliphatic heterocycles. The Morgan fingerprint density at radius 3 is 2.43 bits per heavy atom. The van der Waals surface area contributed by atoms with E-state index in [0.717, 1.165) is 24.6 Å². The zero-order valence-electron chi connectivity index (χ0n) is 12.2. The lowest BCUT2D eigenvalue weighted by molar-refractivity contribution is 0.299. The van der Waals surface area contributed by atoms with Gasteiger partial charge in [-0.25, -0.2) is 8.78 Å². The van der Waals surface area contributed by atoms with Gasteiger partial charge in [0.05, 0.1) is 0 Å². The summed E-state index contributed by atoms with van der Waals surface area (Å²) in [7, 11) is 1.92. The minimum atomic E-state index is -0.467. The molecule has 0 aliphatic rings. The molecule has 0 aromatic heterocycles. The predicted molar refractivity (Wildman–Crippen MR) is 79.2 cm³/mol. The van der Waals surface area contributed by atoms with Crippen molar-refractivity contribution in [2.45, 2.75) is 26.0 Å². The van der Waals surface area contributed by atoms with E-state index in [1.807, 2.05) is 31.3 Å². The lowest BCUT2D eigenvalue weighted by atomic mass is 10.0. The lowest BCUT2D eigenvalue weighted by Gasteiger charge is -2.15. The maximum Gasteiger partial charge on any atom is 0.130 e. The van der Waals surface area contributed by atoms with Crippen LogP contribution in [-0.2, 0) is 6.61 Å². The number of hydrogen-bond donors (Lipinski definition) is 1. The SMILES string of the molecule is CCC(NC)c1ccc(OCc2cc(F)ccc2F)cc1. The van der Waals surface area contributed by atoms with E-state index in [9.17, 15) is 8.78 Å². The summed E-state index contributed by atoms with van der Waals surface area (Å²) in [6.07, 6.45) is 0.991. The first-order valence-electron chi connectivity index (χ1n) is 6.98. The van der Waals surface area contributed by atoms with Crippen molar-refractivity contribution in [1.82, 2.24) is 5.32 Å². The van der Waals surface area contributed by atoms with Crippen molar-refractivity contribution >= 4 is 0 Å². The average Bonchev–Trinajstić information content (AvgIpc) is 2.51. The van der Waals surface area contributed by atoms with Gasteiger partial charge in [0.15, 0.2) is 0 Å². The van der Waals surface area contributed by atoms with E-state index in [0.29, 0.717) is 11.8 Å². The molecule has 0 heterocycles. The first kappa shape index (κ1) is 15.4. The highest BCUT2D eigenvalue weighted by atomic mass is 19.1. The maximum absolute atomic E-state index is 13.5. The van der Waals surface area contributed by atoms with Gasteiger partial charge >= 0.3 is 0 Å². The molecular formula is C17H19F2NO. The summed E-state index contributed by atoms with van der Waals surface area (Å²) >= 11 is 0. The number of ether oxygens (including phenoxy) is 1. The van der Waals surface area contributed by atoms with E-state index in [2.05, 4.69) is 12.2 Å². The Morgan fingerprint density at radius 2 is 1.81 bits per heavy atom. The number of hydrogen-bond acceptors (Lipinski definition) is 2. The molecule has 1 atom stereocenters. The van der Waals surface area contributed by atoms with Crippen LogP contribution in [0, 0.1) is 11.6 Å². The smallest absolute Gasteiger partial charge is 0.130 e. The van der Waals surface area contributed by atoms with Gasteiger partial charge in [-0.1, -0.05) is 19.1 Å². The summed E-state index contributed by atoms with van der Waals surface area (Å²) in [5.41, 5.74) is 1.38. The van der Waals surface area contributed by atoms with Crippen LogP contribution in [0.3, 0.4) is 0 Å². The van der Waals surface area contributed by atoms with Crippen molar-refractivity contribution in [3.8, 4) is 5.75 Å². The van der Waals surface area contributed by atoms with Crippen LogP contribution < -0.4 is 10.1 Å². The summed E-state index contributed by atoms with van der Waals surface area (Å²) in [5, 5.41) is 3.23. The summed E-state index contributed by atoms with van der Waals surface area (Å²) in [6, 6.07) is 11.3. The molecule has 0 fully saturated rings. The predicted octanol–water partition coefficient (Wildman–Crippen LogP) is 4.21. The van der Waals surface area contributed by atoms with Crippen molar-refractivity contribution in [2.75, 3.05) is 7.05 Å². The lowest BCUT2D eigenvalue weighted by Crippen LogP contribution is -2.14. The molecule has 0 spiro atoms. The largest absolute Gasteiger partial charge is 0.489 e. The van der Waals surface area contributed by atoms with E-state index in [1.54, 1.807) is 0 Å². The van der Waals surface area contributed by atoms with Gasteiger partial charge in [-0.2, -0.15) is 0 Å². The summed E-state index contributed by atoms with van der Waals surface area (Å²) < 4.78 is 32.0. The van der Waals surface area contributed by atoms with Gasteiger partial charge < -0.3 is 10.1 Å². The number of halogens is 2. The quantitative estimate of drug-likeness (QED) is 0.860. The zero-order valence-corrected chi connectivity index (χ0v) is 12.2. The molecule has 4 heteroatoms. The molecule has 0 saturated carbocycles. The van der Waals surface area contributed by atoms with Gasteiger partial charge in [0, 0.05) is 11.6 Å². The highest BCUT2D eigenvalue weighted by Gasteiger charge is 2.07. The molecule has 0 amide bonds. The Kier molecular flexibility index (Phi) is 5.28. The molecule has 0 aliphatic carbocycles. The Labute approximate surface area is 123 Å². The third-order valence-electron chi connectivity index (χ3n) is 3.44. The van der Waals surface area contributed by atoms with Crippen molar-refractivity contribution in [1.29, 1.82) is 0 Å². The van der Waals surface area contributed by atoms with Crippen LogP contribution in [0.25, 0.3) is 0 Å². The monoisotopic (exact) mass is 291 g/mol. The molecule has 0 saturated heterocycles. The third kappa shape index (κ3) is 4.02. The fraction of sp³-hybridized carbons (Fsp3) is 0.294. The van der Waals surface area contributed by atoms with Gasteiger partial charge in [0.1, 0.15) is 24.0 Å². The first-order chi connectivity index (χ1) is 10.1. The average molecular weight is 291 g/mol. The number of rotatable bonds is 6. The Balaban J connectivity index is 2.02. The van der Waals surface area contributed by atoms with Crippen molar-refractivity contribution < 1.29 is 13.5 Å². The second kappa shape index (κ2) is 7.18. The third-order valence-corrected chi connectivity index (χ3v) is 3.44. The van der Waals surface area contributed by atoms with E-state index in [-0.39, 0.29) is 12.2 Å². The maximum atomic E-state index is 13.5. The second-order valence-corrected chi connectivity index (χ2v) is 4.84. The van der Waals surface area contributed by atoms with Crippen LogP contribution in [-0.4, -0.2) is 7.05 Å². The molecule has 0 bridgehead atoms. The van der Waals surface area contributed by atoms with Crippen LogP contribution in [0.5, 0.6) is 5.75 Å². The van der Waals surface area contributed by atoms with Gasteiger partial charge in [-0.3, -0.25) is 0 Å². The van der Waals surface area contributed by atoms with Crippen LogP contribution in [0.2, 0.25) is 0 Å². The van der Waals surface area contributed by atoms with Crippen LogP contribution in [0.1, 0.15) is 30.5 Å². The van der Waals surface area contributed by atoms with Gasteiger partial charge in [0.2, 0.25) is 0 Å². The van der Waals surface area contributed by atoms with E-state index in [1.165, 1.54) is 5.56 Å².